The van der Waals surface area contributed by atoms with Crippen LogP contribution < -0.4 is 5.32 Å². The van der Waals surface area contributed by atoms with Crippen molar-refractivity contribution in [2.45, 2.75) is 38.5 Å². The van der Waals surface area contributed by atoms with E-state index in [-0.39, 0.29) is 0 Å². The topological polar surface area (TPSA) is 34.2 Å². The molecular weight excluding hydrogens is 188 g/mol. The predicted octanol–water partition coefficient (Wildman–Crippen LogP) is 1.74. The first-order valence-corrected chi connectivity index (χ1v) is 5.58. The van der Waals surface area contributed by atoms with Gasteiger partial charge in [0.15, 0.2) is 0 Å². The number of aromatic nitrogens is 1. The lowest BCUT2D eigenvalue weighted by molar-refractivity contribution is 0.0130. The number of hydrogen-bond acceptors (Lipinski definition) is 3. The standard InChI is InChI=1S/C12H18N2O/c1-10-7-12(4-6-15-10)14-9-11-3-2-5-13-8-11/h2-3,5,8,10,12,14H,4,6-7,9H2,1H3. The predicted molar refractivity (Wildman–Crippen MR) is 59.5 cm³/mol. The summed E-state index contributed by atoms with van der Waals surface area (Å²) in [5.41, 5.74) is 1.25. The van der Waals surface area contributed by atoms with E-state index in [0.717, 1.165) is 26.0 Å². The van der Waals surface area contributed by atoms with Gasteiger partial charge in [0.25, 0.3) is 0 Å². The Bertz CT molecular complexity index is 289. The average Bonchev–Trinajstić information content (AvgIpc) is 2.28. The lowest BCUT2D eigenvalue weighted by Crippen LogP contribution is -2.37. The molecule has 0 aromatic carbocycles. The van der Waals surface area contributed by atoms with Crippen molar-refractivity contribution >= 4 is 0 Å². The zero-order valence-corrected chi connectivity index (χ0v) is 9.15. The Morgan fingerprint density at radius 3 is 3.27 bits per heavy atom. The van der Waals surface area contributed by atoms with E-state index in [1.165, 1.54) is 5.56 Å². The van der Waals surface area contributed by atoms with Crippen LogP contribution in [0.25, 0.3) is 0 Å². The molecule has 0 radical (unpaired) electrons. The van der Waals surface area contributed by atoms with Gasteiger partial charge in [0.2, 0.25) is 0 Å². The summed E-state index contributed by atoms with van der Waals surface area (Å²) in [6.07, 6.45) is 6.34. The van der Waals surface area contributed by atoms with E-state index in [1.54, 1.807) is 6.20 Å². The summed E-state index contributed by atoms with van der Waals surface area (Å²) < 4.78 is 5.51. The molecule has 0 saturated carbocycles. The number of nitrogens with one attached hydrogen (secondary N) is 1. The highest BCUT2D eigenvalue weighted by Crippen LogP contribution is 2.13. The van der Waals surface area contributed by atoms with Crippen LogP contribution in [0.2, 0.25) is 0 Å². The highest BCUT2D eigenvalue weighted by Gasteiger charge is 2.18. The van der Waals surface area contributed by atoms with Crippen LogP contribution in [0.4, 0.5) is 0 Å². The minimum Gasteiger partial charge on any atom is -0.378 e. The number of nitrogens with zero attached hydrogens (tertiary/aromatic N) is 1. The van der Waals surface area contributed by atoms with Crippen LogP contribution in [0.3, 0.4) is 0 Å². The van der Waals surface area contributed by atoms with Gasteiger partial charge in [-0.1, -0.05) is 6.07 Å². The molecule has 3 nitrogen and oxygen atoms in total. The second-order valence-corrected chi connectivity index (χ2v) is 4.14. The van der Waals surface area contributed by atoms with E-state index in [0.29, 0.717) is 12.1 Å². The molecule has 1 saturated heterocycles. The van der Waals surface area contributed by atoms with Gasteiger partial charge in [-0.25, -0.2) is 0 Å². The maximum atomic E-state index is 5.51. The molecule has 0 spiro atoms. The van der Waals surface area contributed by atoms with Gasteiger partial charge in [0, 0.05) is 31.6 Å². The van der Waals surface area contributed by atoms with Crippen LogP contribution in [0.15, 0.2) is 24.5 Å². The van der Waals surface area contributed by atoms with Crippen molar-refractivity contribution in [3.05, 3.63) is 30.1 Å². The van der Waals surface area contributed by atoms with E-state index < -0.39 is 0 Å². The summed E-state index contributed by atoms with van der Waals surface area (Å²) in [5.74, 6) is 0. The fourth-order valence-corrected chi connectivity index (χ4v) is 1.95. The Labute approximate surface area is 90.9 Å². The third-order valence-corrected chi connectivity index (χ3v) is 2.80. The van der Waals surface area contributed by atoms with Crippen LogP contribution in [-0.2, 0) is 11.3 Å². The molecule has 1 aliphatic heterocycles. The molecule has 15 heavy (non-hydrogen) atoms. The van der Waals surface area contributed by atoms with Crippen molar-refractivity contribution in [1.82, 2.24) is 10.3 Å². The van der Waals surface area contributed by atoms with E-state index >= 15 is 0 Å². The Balaban J connectivity index is 1.78. The number of rotatable bonds is 3. The van der Waals surface area contributed by atoms with Gasteiger partial charge in [-0.05, 0) is 31.4 Å². The Kier molecular flexibility index (Phi) is 3.69. The average molecular weight is 206 g/mol. The van der Waals surface area contributed by atoms with Crippen molar-refractivity contribution in [3.63, 3.8) is 0 Å². The van der Waals surface area contributed by atoms with Crippen molar-refractivity contribution < 1.29 is 4.74 Å². The molecular formula is C12H18N2O. The summed E-state index contributed by atoms with van der Waals surface area (Å²) in [6, 6.07) is 4.67. The third-order valence-electron chi connectivity index (χ3n) is 2.80. The minimum absolute atomic E-state index is 0.394. The largest absolute Gasteiger partial charge is 0.378 e. The highest BCUT2D eigenvalue weighted by molar-refractivity contribution is 5.08. The van der Waals surface area contributed by atoms with Gasteiger partial charge in [-0.3, -0.25) is 4.98 Å². The molecule has 0 bridgehead atoms. The second-order valence-electron chi connectivity index (χ2n) is 4.14. The first kappa shape index (κ1) is 10.6. The smallest absolute Gasteiger partial charge is 0.0561 e. The van der Waals surface area contributed by atoms with Crippen LogP contribution in [-0.4, -0.2) is 23.7 Å². The molecule has 3 heteroatoms. The maximum absolute atomic E-state index is 5.51. The van der Waals surface area contributed by atoms with Crippen LogP contribution in [0, 0.1) is 0 Å². The molecule has 2 atom stereocenters. The lowest BCUT2D eigenvalue weighted by atomic mass is 10.0. The quantitative estimate of drug-likeness (QED) is 0.818. The third kappa shape index (κ3) is 3.29. The van der Waals surface area contributed by atoms with E-state index in [1.807, 2.05) is 12.3 Å². The van der Waals surface area contributed by atoms with Gasteiger partial charge in [-0.2, -0.15) is 0 Å². The summed E-state index contributed by atoms with van der Waals surface area (Å²) in [4.78, 5) is 4.10. The normalized spacial score (nSPS) is 26.5. The first-order chi connectivity index (χ1) is 7.34. The fraction of sp³-hybridized carbons (Fsp3) is 0.583. The van der Waals surface area contributed by atoms with Gasteiger partial charge in [-0.15, -0.1) is 0 Å². The minimum atomic E-state index is 0.394. The highest BCUT2D eigenvalue weighted by atomic mass is 16.5. The molecule has 2 heterocycles. The number of pyridine rings is 1. The molecule has 1 aliphatic rings. The fourth-order valence-electron chi connectivity index (χ4n) is 1.95. The Morgan fingerprint density at radius 1 is 1.60 bits per heavy atom. The van der Waals surface area contributed by atoms with Crippen LogP contribution >= 0.6 is 0 Å². The Morgan fingerprint density at radius 2 is 2.53 bits per heavy atom. The summed E-state index contributed by atoms with van der Waals surface area (Å²) in [5, 5.41) is 3.55. The number of hydrogen-bond donors (Lipinski definition) is 1. The lowest BCUT2D eigenvalue weighted by Gasteiger charge is -2.28. The zero-order chi connectivity index (χ0) is 10.5. The van der Waals surface area contributed by atoms with Crippen molar-refractivity contribution in [3.8, 4) is 0 Å². The molecule has 1 fully saturated rings. The molecule has 1 N–H and O–H groups in total. The molecule has 2 rings (SSSR count). The molecule has 1 aromatic rings. The van der Waals surface area contributed by atoms with Crippen LogP contribution in [0.5, 0.6) is 0 Å². The SMILES string of the molecule is CC1CC(NCc2cccnc2)CCO1. The van der Waals surface area contributed by atoms with Crippen molar-refractivity contribution in [2.75, 3.05) is 6.61 Å². The van der Waals surface area contributed by atoms with Crippen LogP contribution in [0.1, 0.15) is 25.3 Å². The maximum Gasteiger partial charge on any atom is 0.0561 e. The zero-order valence-electron chi connectivity index (χ0n) is 9.15. The molecule has 1 aromatic heterocycles. The Hall–Kier alpha value is -0.930. The molecule has 0 aliphatic carbocycles. The summed E-state index contributed by atoms with van der Waals surface area (Å²) >= 11 is 0. The van der Waals surface area contributed by atoms with Crippen molar-refractivity contribution in [1.29, 1.82) is 0 Å². The van der Waals surface area contributed by atoms with Gasteiger partial charge >= 0.3 is 0 Å². The van der Waals surface area contributed by atoms with E-state index in [9.17, 15) is 0 Å². The van der Waals surface area contributed by atoms with Crippen molar-refractivity contribution in [2.24, 2.45) is 0 Å². The number of ether oxygens (including phenoxy) is 1. The monoisotopic (exact) mass is 206 g/mol. The summed E-state index contributed by atoms with van der Waals surface area (Å²) in [6.45, 7) is 3.93. The summed E-state index contributed by atoms with van der Waals surface area (Å²) in [7, 11) is 0. The van der Waals surface area contributed by atoms with E-state index in [2.05, 4.69) is 23.3 Å². The molecule has 0 amide bonds. The first-order valence-electron chi connectivity index (χ1n) is 5.58. The second kappa shape index (κ2) is 5.24. The molecule has 82 valence electrons. The van der Waals surface area contributed by atoms with E-state index in [4.69, 9.17) is 4.74 Å². The van der Waals surface area contributed by atoms with Gasteiger partial charge in [0.05, 0.1) is 6.10 Å². The molecule has 2 unspecified atom stereocenters. The van der Waals surface area contributed by atoms with Gasteiger partial charge in [0.1, 0.15) is 0 Å². The van der Waals surface area contributed by atoms with Gasteiger partial charge < -0.3 is 10.1 Å².